The van der Waals surface area contributed by atoms with Crippen LogP contribution in [0.3, 0.4) is 0 Å². The lowest BCUT2D eigenvalue weighted by Gasteiger charge is -2.20. The summed E-state index contributed by atoms with van der Waals surface area (Å²) in [7, 11) is 0. The molecule has 0 aliphatic heterocycles. The van der Waals surface area contributed by atoms with Gasteiger partial charge in [-0.2, -0.15) is 0 Å². The molecule has 0 radical (unpaired) electrons. The predicted molar refractivity (Wildman–Crippen MR) is 269 cm³/mol. The van der Waals surface area contributed by atoms with Gasteiger partial charge in [0.15, 0.2) is 0 Å². The van der Waals surface area contributed by atoms with Crippen LogP contribution in [0.15, 0.2) is 48.6 Å². The van der Waals surface area contributed by atoms with Gasteiger partial charge in [-0.1, -0.05) is 217 Å². The Morgan fingerprint density at radius 3 is 1.27 bits per heavy atom. The van der Waals surface area contributed by atoms with Crippen LogP contribution in [0, 0.1) is 0 Å². The third-order valence-electron chi connectivity index (χ3n) is 12.1. The normalized spacial score (nSPS) is 13.0. The summed E-state index contributed by atoms with van der Waals surface area (Å²) in [6.07, 6.45) is 64.0. The van der Waals surface area contributed by atoms with Crippen molar-refractivity contribution in [3.8, 4) is 0 Å². The molecule has 0 aromatic heterocycles. The van der Waals surface area contributed by atoms with E-state index in [9.17, 15) is 19.8 Å². The van der Waals surface area contributed by atoms with Crippen molar-refractivity contribution in [3.05, 3.63) is 48.6 Å². The van der Waals surface area contributed by atoms with Gasteiger partial charge < -0.3 is 20.3 Å². The average molecular weight is 870 g/mol. The molecular weight excluding hydrogens is 767 g/mol. The number of amides is 1. The number of hydrogen-bond acceptors (Lipinski definition) is 5. The maximum atomic E-state index is 12.4. The lowest BCUT2D eigenvalue weighted by Crippen LogP contribution is -2.45. The van der Waals surface area contributed by atoms with Gasteiger partial charge in [-0.15, -0.1) is 0 Å². The Bertz CT molecular complexity index is 1050. The van der Waals surface area contributed by atoms with E-state index in [1.54, 1.807) is 6.08 Å². The third kappa shape index (κ3) is 47.3. The molecule has 0 saturated heterocycles. The minimum atomic E-state index is -0.864. The van der Waals surface area contributed by atoms with E-state index in [0.717, 1.165) is 89.9 Å². The monoisotopic (exact) mass is 870 g/mol. The quantitative estimate of drug-likeness (QED) is 0.0322. The number of carbonyl (C=O) groups is 2. The third-order valence-corrected chi connectivity index (χ3v) is 12.1. The Morgan fingerprint density at radius 2 is 0.806 bits per heavy atom. The van der Waals surface area contributed by atoms with E-state index < -0.39 is 12.1 Å². The highest BCUT2D eigenvalue weighted by Gasteiger charge is 2.18. The van der Waals surface area contributed by atoms with Crippen LogP contribution in [0.25, 0.3) is 0 Å². The Hall–Kier alpha value is -2.18. The lowest BCUT2D eigenvalue weighted by atomic mass is 10.0. The summed E-state index contributed by atoms with van der Waals surface area (Å²) in [5, 5.41) is 23.1. The van der Waals surface area contributed by atoms with Gasteiger partial charge in [-0.25, -0.2) is 0 Å². The molecule has 0 saturated carbocycles. The number of allylic oxidation sites excluding steroid dienone is 7. The summed E-state index contributed by atoms with van der Waals surface area (Å²) in [4.78, 5) is 24.5. The van der Waals surface area contributed by atoms with Crippen LogP contribution in [-0.2, 0) is 14.3 Å². The van der Waals surface area contributed by atoms with Crippen LogP contribution in [0.1, 0.15) is 271 Å². The first-order chi connectivity index (χ1) is 30.5. The first-order valence-electron chi connectivity index (χ1n) is 26.9. The average Bonchev–Trinajstić information content (AvgIpc) is 3.27. The fourth-order valence-corrected chi connectivity index (χ4v) is 7.89. The van der Waals surface area contributed by atoms with E-state index in [1.807, 2.05) is 6.08 Å². The molecule has 0 bridgehead atoms. The summed E-state index contributed by atoms with van der Waals surface area (Å²) in [6.45, 7) is 4.79. The van der Waals surface area contributed by atoms with Gasteiger partial charge in [0.05, 0.1) is 25.4 Å². The van der Waals surface area contributed by atoms with Gasteiger partial charge in [-0.05, 0) is 89.9 Å². The Morgan fingerprint density at radius 1 is 0.452 bits per heavy atom. The Kier molecular flexibility index (Phi) is 49.6. The lowest BCUT2D eigenvalue weighted by molar-refractivity contribution is -0.143. The van der Waals surface area contributed by atoms with Crippen LogP contribution in [0.2, 0.25) is 0 Å². The number of rotatable bonds is 49. The van der Waals surface area contributed by atoms with Crippen molar-refractivity contribution in [3.63, 3.8) is 0 Å². The molecular formula is C56H103NO5. The van der Waals surface area contributed by atoms with E-state index >= 15 is 0 Å². The molecule has 3 N–H and O–H groups in total. The van der Waals surface area contributed by atoms with Crippen LogP contribution in [-0.4, -0.2) is 47.4 Å². The van der Waals surface area contributed by atoms with E-state index in [4.69, 9.17) is 4.74 Å². The highest BCUT2D eigenvalue weighted by atomic mass is 16.5. The maximum absolute atomic E-state index is 12.4. The maximum Gasteiger partial charge on any atom is 0.305 e. The van der Waals surface area contributed by atoms with Crippen LogP contribution in [0.5, 0.6) is 0 Å². The second kappa shape index (κ2) is 51.5. The minimum absolute atomic E-state index is 0.0413. The zero-order chi connectivity index (χ0) is 45.1. The highest BCUT2D eigenvalue weighted by Crippen LogP contribution is 2.15. The largest absolute Gasteiger partial charge is 0.466 e. The molecule has 0 aromatic carbocycles. The second-order valence-electron chi connectivity index (χ2n) is 18.2. The molecule has 2 unspecified atom stereocenters. The van der Waals surface area contributed by atoms with E-state index in [-0.39, 0.29) is 18.5 Å². The summed E-state index contributed by atoms with van der Waals surface area (Å²) in [5.74, 6) is -0.139. The van der Waals surface area contributed by atoms with Crippen molar-refractivity contribution >= 4 is 11.9 Å². The molecule has 2 atom stereocenters. The number of ether oxygens (including phenoxy) is 1. The standard InChI is InChI=1S/C56H103NO5/c1-3-5-7-9-11-13-15-17-19-21-23-25-28-32-36-40-44-48-54(59)53(52-58)57-55(60)49-45-41-37-33-29-27-31-35-39-43-47-51-62-56(61)50-46-42-38-34-30-26-24-22-20-18-16-14-12-10-8-6-4-2/h12,14,18,20,31,35,44,48,53-54,58-59H,3-11,13,15-17,19,21-30,32-34,36-43,45-47,49-52H2,1-2H3,(H,57,60)/b14-12-,20-18-,35-31-,48-44+. The molecule has 362 valence electrons. The van der Waals surface area contributed by atoms with Crippen molar-refractivity contribution in [2.45, 2.75) is 283 Å². The molecule has 1 amide bonds. The predicted octanol–water partition coefficient (Wildman–Crippen LogP) is 16.2. The first-order valence-corrected chi connectivity index (χ1v) is 26.9. The molecule has 0 rings (SSSR count). The summed E-state index contributed by atoms with van der Waals surface area (Å²) in [6, 6.07) is -0.650. The van der Waals surface area contributed by atoms with E-state index in [1.165, 1.54) is 154 Å². The van der Waals surface area contributed by atoms with Crippen molar-refractivity contribution in [1.29, 1.82) is 0 Å². The number of aliphatic hydroxyl groups excluding tert-OH is 2. The number of aliphatic hydroxyl groups is 2. The number of esters is 1. The Balaban J connectivity index is 3.56. The summed E-state index contributed by atoms with van der Waals surface area (Å²) in [5.41, 5.74) is 0. The summed E-state index contributed by atoms with van der Waals surface area (Å²) >= 11 is 0. The van der Waals surface area contributed by atoms with Gasteiger partial charge in [-0.3, -0.25) is 9.59 Å². The molecule has 6 heteroatoms. The molecule has 0 aliphatic rings. The molecule has 0 fully saturated rings. The SMILES string of the molecule is CCCCC/C=C\C/C=C\CCCCCCCCCC(=O)OCCCC/C=C\CCCCCCCC(=O)NC(CO)C(O)/C=C/CCCCCCCCCCCCCCCCC. The highest BCUT2D eigenvalue weighted by molar-refractivity contribution is 5.76. The number of hydrogen-bond donors (Lipinski definition) is 3. The van der Waals surface area contributed by atoms with Crippen molar-refractivity contribution in [1.82, 2.24) is 5.32 Å². The summed E-state index contributed by atoms with van der Waals surface area (Å²) < 4.78 is 5.44. The van der Waals surface area contributed by atoms with Gasteiger partial charge in [0.2, 0.25) is 5.91 Å². The van der Waals surface area contributed by atoms with Crippen LogP contribution < -0.4 is 5.32 Å². The van der Waals surface area contributed by atoms with Crippen LogP contribution in [0.4, 0.5) is 0 Å². The fourth-order valence-electron chi connectivity index (χ4n) is 7.89. The number of nitrogens with one attached hydrogen (secondary N) is 1. The molecule has 0 spiro atoms. The second-order valence-corrected chi connectivity index (χ2v) is 18.2. The Labute approximate surface area is 385 Å². The minimum Gasteiger partial charge on any atom is -0.466 e. The number of carbonyl (C=O) groups excluding carboxylic acids is 2. The van der Waals surface area contributed by atoms with Crippen molar-refractivity contribution in [2.75, 3.05) is 13.2 Å². The van der Waals surface area contributed by atoms with E-state index in [0.29, 0.717) is 19.4 Å². The molecule has 0 aromatic rings. The molecule has 0 heterocycles. The first kappa shape index (κ1) is 59.8. The van der Waals surface area contributed by atoms with Crippen molar-refractivity contribution in [2.24, 2.45) is 0 Å². The van der Waals surface area contributed by atoms with Gasteiger partial charge >= 0.3 is 5.97 Å². The smallest absolute Gasteiger partial charge is 0.305 e. The van der Waals surface area contributed by atoms with Crippen molar-refractivity contribution < 1.29 is 24.5 Å². The van der Waals surface area contributed by atoms with Gasteiger partial charge in [0.1, 0.15) is 0 Å². The van der Waals surface area contributed by atoms with Crippen LogP contribution >= 0.6 is 0 Å². The zero-order valence-corrected chi connectivity index (χ0v) is 41.1. The fraction of sp³-hybridized carbons (Fsp3) is 0.821. The molecule has 0 aliphatic carbocycles. The van der Waals surface area contributed by atoms with Gasteiger partial charge in [0.25, 0.3) is 0 Å². The molecule has 62 heavy (non-hydrogen) atoms. The van der Waals surface area contributed by atoms with E-state index in [2.05, 4.69) is 55.6 Å². The number of unbranched alkanes of at least 4 members (excludes halogenated alkanes) is 32. The van der Waals surface area contributed by atoms with Gasteiger partial charge in [0, 0.05) is 12.8 Å². The topological polar surface area (TPSA) is 95.9 Å². The molecule has 6 nitrogen and oxygen atoms in total. The zero-order valence-electron chi connectivity index (χ0n) is 41.1.